The van der Waals surface area contributed by atoms with E-state index in [1.807, 2.05) is 0 Å². The molecule has 0 aliphatic carbocycles. The van der Waals surface area contributed by atoms with Gasteiger partial charge in [-0.3, -0.25) is 14.1 Å². The van der Waals surface area contributed by atoms with Gasteiger partial charge in [-0.1, -0.05) is 17.7 Å². The zero-order valence-corrected chi connectivity index (χ0v) is 12.8. The molecule has 0 saturated heterocycles. The topological polar surface area (TPSA) is 90.2 Å². The van der Waals surface area contributed by atoms with Gasteiger partial charge in [-0.05, 0) is 18.2 Å². The Morgan fingerprint density at radius 1 is 1.19 bits per heavy atom. The molecule has 0 radical (unpaired) electrons. The maximum atomic E-state index is 12.3. The van der Waals surface area contributed by atoms with Crippen LogP contribution in [-0.2, 0) is 24.1 Å². The normalized spacial score (nSPS) is 11.4. The largest absolute Gasteiger partial charge is 0.330 e. The molecule has 21 heavy (non-hydrogen) atoms. The Kier molecular flexibility index (Phi) is 3.93. The Morgan fingerprint density at radius 2 is 1.86 bits per heavy atom. The SMILES string of the molecule is Cn1cc(S(=O)(=O)Nc2cccc(Cl)c2)c(=O)n(C)c1=O. The predicted molar refractivity (Wildman–Crippen MR) is 79.2 cm³/mol. The lowest BCUT2D eigenvalue weighted by Crippen LogP contribution is -2.40. The molecule has 0 aliphatic rings. The van der Waals surface area contributed by atoms with Crippen LogP contribution in [0.2, 0.25) is 5.02 Å². The highest BCUT2D eigenvalue weighted by molar-refractivity contribution is 7.92. The van der Waals surface area contributed by atoms with Crippen LogP contribution >= 0.6 is 11.6 Å². The Hall–Kier alpha value is -2.06. The van der Waals surface area contributed by atoms with Crippen molar-refractivity contribution >= 4 is 27.3 Å². The van der Waals surface area contributed by atoms with Crippen molar-refractivity contribution in [1.82, 2.24) is 9.13 Å². The lowest BCUT2D eigenvalue weighted by Gasteiger charge is -2.10. The number of anilines is 1. The van der Waals surface area contributed by atoms with E-state index in [1.54, 1.807) is 12.1 Å². The first-order chi connectivity index (χ1) is 9.72. The van der Waals surface area contributed by atoms with E-state index in [2.05, 4.69) is 4.72 Å². The average molecular weight is 330 g/mol. The molecule has 2 aromatic rings. The molecule has 1 aromatic carbocycles. The van der Waals surface area contributed by atoms with E-state index in [9.17, 15) is 18.0 Å². The van der Waals surface area contributed by atoms with Gasteiger partial charge in [0.1, 0.15) is 0 Å². The van der Waals surface area contributed by atoms with Crippen molar-refractivity contribution < 1.29 is 8.42 Å². The number of halogens is 1. The van der Waals surface area contributed by atoms with Crippen LogP contribution in [0.5, 0.6) is 0 Å². The monoisotopic (exact) mass is 329 g/mol. The maximum Gasteiger partial charge on any atom is 0.330 e. The highest BCUT2D eigenvalue weighted by Gasteiger charge is 2.21. The van der Waals surface area contributed by atoms with Gasteiger partial charge in [-0.15, -0.1) is 0 Å². The van der Waals surface area contributed by atoms with Gasteiger partial charge in [-0.25, -0.2) is 13.2 Å². The predicted octanol–water partition coefficient (Wildman–Crippen LogP) is 0.538. The van der Waals surface area contributed by atoms with Crippen LogP contribution in [0.1, 0.15) is 0 Å². The number of sulfonamides is 1. The number of aromatic nitrogens is 2. The maximum absolute atomic E-state index is 12.3. The van der Waals surface area contributed by atoms with E-state index in [-0.39, 0.29) is 5.69 Å². The Labute approximate surface area is 125 Å². The fourth-order valence-electron chi connectivity index (χ4n) is 1.72. The third kappa shape index (κ3) is 3.01. The molecule has 0 unspecified atom stereocenters. The first-order valence-electron chi connectivity index (χ1n) is 5.77. The van der Waals surface area contributed by atoms with Crippen LogP contribution in [0.15, 0.2) is 44.9 Å². The van der Waals surface area contributed by atoms with Gasteiger partial charge in [0.15, 0.2) is 4.90 Å². The molecule has 0 fully saturated rings. The van der Waals surface area contributed by atoms with Crippen molar-refractivity contribution in [3.63, 3.8) is 0 Å². The fourth-order valence-corrected chi connectivity index (χ4v) is 3.12. The molecule has 0 aliphatic heterocycles. The first-order valence-corrected chi connectivity index (χ1v) is 7.63. The molecular formula is C12H12ClN3O4S. The summed E-state index contributed by atoms with van der Waals surface area (Å²) in [6.07, 6.45) is 0.984. The summed E-state index contributed by atoms with van der Waals surface area (Å²) in [5.41, 5.74) is -1.28. The number of rotatable bonds is 3. The summed E-state index contributed by atoms with van der Waals surface area (Å²) in [6.45, 7) is 0. The van der Waals surface area contributed by atoms with Crippen LogP contribution in [0.25, 0.3) is 0 Å². The second-order valence-electron chi connectivity index (χ2n) is 4.37. The molecule has 9 heteroatoms. The van der Waals surface area contributed by atoms with Crippen molar-refractivity contribution in [3.05, 3.63) is 56.3 Å². The second-order valence-corrected chi connectivity index (χ2v) is 6.45. The average Bonchev–Trinajstić information content (AvgIpc) is 2.40. The van der Waals surface area contributed by atoms with Gasteiger partial charge < -0.3 is 4.57 Å². The van der Waals surface area contributed by atoms with Gasteiger partial charge >= 0.3 is 5.69 Å². The molecule has 0 atom stereocenters. The number of nitrogens with zero attached hydrogens (tertiary/aromatic N) is 2. The highest BCUT2D eigenvalue weighted by Crippen LogP contribution is 2.17. The lowest BCUT2D eigenvalue weighted by atomic mass is 10.3. The Morgan fingerprint density at radius 3 is 2.48 bits per heavy atom. The zero-order valence-electron chi connectivity index (χ0n) is 11.2. The molecular weight excluding hydrogens is 318 g/mol. The first kappa shape index (κ1) is 15.3. The van der Waals surface area contributed by atoms with Crippen molar-refractivity contribution in [2.75, 3.05) is 4.72 Å². The molecule has 2 rings (SSSR count). The summed E-state index contributed by atoms with van der Waals surface area (Å²) in [6, 6.07) is 6.06. The highest BCUT2D eigenvalue weighted by atomic mass is 35.5. The number of benzene rings is 1. The number of nitrogens with one attached hydrogen (secondary N) is 1. The molecule has 0 saturated carbocycles. The van der Waals surface area contributed by atoms with Crippen molar-refractivity contribution in [3.8, 4) is 0 Å². The molecule has 0 spiro atoms. The number of hydrogen-bond donors (Lipinski definition) is 1. The Balaban J connectivity index is 2.56. The van der Waals surface area contributed by atoms with Gasteiger partial charge in [0.2, 0.25) is 0 Å². The van der Waals surface area contributed by atoms with E-state index in [1.165, 1.54) is 26.2 Å². The number of hydrogen-bond acceptors (Lipinski definition) is 4. The van der Waals surface area contributed by atoms with Crippen molar-refractivity contribution in [2.45, 2.75) is 4.90 Å². The van der Waals surface area contributed by atoms with Crippen molar-refractivity contribution in [1.29, 1.82) is 0 Å². The van der Waals surface area contributed by atoms with E-state index < -0.39 is 26.2 Å². The van der Waals surface area contributed by atoms with Crippen molar-refractivity contribution in [2.24, 2.45) is 14.1 Å². The smallest absolute Gasteiger partial charge is 0.302 e. The Bertz CT molecular complexity index is 915. The molecule has 1 N–H and O–H groups in total. The summed E-state index contributed by atoms with van der Waals surface area (Å²) < 4.78 is 28.5. The summed E-state index contributed by atoms with van der Waals surface area (Å²) in [5, 5.41) is 0.351. The third-order valence-electron chi connectivity index (χ3n) is 2.78. The van der Waals surface area contributed by atoms with Crippen LogP contribution in [0, 0.1) is 0 Å². The van der Waals surface area contributed by atoms with Gasteiger partial charge in [0.25, 0.3) is 15.6 Å². The standard InChI is InChI=1S/C12H12ClN3O4S/c1-15-7-10(11(17)16(2)12(15)18)21(19,20)14-9-5-3-4-8(13)6-9/h3-7,14H,1-2H3. The molecule has 7 nitrogen and oxygen atoms in total. The minimum absolute atomic E-state index is 0.221. The second kappa shape index (κ2) is 5.38. The van der Waals surface area contributed by atoms with Crippen LogP contribution in [0.3, 0.4) is 0 Å². The minimum Gasteiger partial charge on any atom is -0.302 e. The van der Waals surface area contributed by atoms with E-state index in [0.29, 0.717) is 5.02 Å². The third-order valence-corrected chi connectivity index (χ3v) is 4.38. The summed E-state index contributed by atoms with van der Waals surface area (Å²) in [4.78, 5) is 23.0. The molecule has 0 bridgehead atoms. The minimum atomic E-state index is -4.12. The summed E-state index contributed by atoms with van der Waals surface area (Å²) >= 11 is 5.78. The van der Waals surface area contributed by atoms with E-state index >= 15 is 0 Å². The quantitative estimate of drug-likeness (QED) is 0.889. The van der Waals surface area contributed by atoms with Gasteiger partial charge in [0, 0.05) is 25.3 Å². The molecule has 1 aromatic heterocycles. The van der Waals surface area contributed by atoms with E-state index in [0.717, 1.165) is 15.3 Å². The molecule has 112 valence electrons. The van der Waals surface area contributed by atoms with Crippen LogP contribution in [-0.4, -0.2) is 17.6 Å². The van der Waals surface area contributed by atoms with Gasteiger partial charge in [-0.2, -0.15) is 0 Å². The van der Waals surface area contributed by atoms with E-state index in [4.69, 9.17) is 11.6 Å². The molecule has 1 heterocycles. The number of aryl methyl sites for hydroxylation is 1. The molecule has 0 amide bonds. The summed E-state index contributed by atoms with van der Waals surface area (Å²) in [7, 11) is -1.55. The summed E-state index contributed by atoms with van der Waals surface area (Å²) in [5.74, 6) is 0. The van der Waals surface area contributed by atoms with Crippen LogP contribution in [0.4, 0.5) is 5.69 Å². The zero-order chi connectivity index (χ0) is 15.8. The fraction of sp³-hybridized carbons (Fsp3) is 0.167. The lowest BCUT2D eigenvalue weighted by molar-refractivity contribution is 0.589. The van der Waals surface area contributed by atoms with Crippen LogP contribution < -0.4 is 16.0 Å². The van der Waals surface area contributed by atoms with Gasteiger partial charge in [0.05, 0.1) is 5.69 Å².